The number of rotatable bonds is 2. The summed E-state index contributed by atoms with van der Waals surface area (Å²) in [7, 11) is 0. The van der Waals surface area contributed by atoms with Crippen molar-refractivity contribution < 1.29 is 13.6 Å². The molecule has 0 fully saturated rings. The van der Waals surface area contributed by atoms with E-state index in [0.29, 0.717) is 5.56 Å². The van der Waals surface area contributed by atoms with Crippen LogP contribution < -0.4 is 0 Å². The number of benzene rings is 1. The molecule has 0 aliphatic rings. The number of carbonyl (C=O) groups excluding carboxylic acids is 1. The van der Waals surface area contributed by atoms with Crippen LogP contribution in [0.2, 0.25) is 0 Å². The van der Waals surface area contributed by atoms with Crippen LogP contribution in [0.1, 0.15) is 26.3 Å². The maximum Gasteiger partial charge on any atom is 0.142 e. The molecule has 15 heavy (non-hydrogen) atoms. The molecule has 1 rings (SSSR count). The zero-order chi connectivity index (χ0) is 11.6. The molecule has 0 bridgehead atoms. The molecule has 1 aromatic rings. The van der Waals surface area contributed by atoms with Crippen molar-refractivity contribution in [2.75, 3.05) is 0 Å². The number of hydrogen-bond acceptors (Lipinski definition) is 1. The second-order valence-electron chi connectivity index (χ2n) is 4.63. The Morgan fingerprint density at radius 2 is 1.60 bits per heavy atom. The third-order valence-electron chi connectivity index (χ3n) is 2.12. The van der Waals surface area contributed by atoms with Gasteiger partial charge in [0.25, 0.3) is 0 Å². The van der Waals surface area contributed by atoms with Gasteiger partial charge in [0.1, 0.15) is 17.4 Å². The van der Waals surface area contributed by atoms with Gasteiger partial charge in [0.2, 0.25) is 0 Å². The van der Waals surface area contributed by atoms with E-state index in [0.717, 1.165) is 6.07 Å². The molecule has 0 aliphatic carbocycles. The van der Waals surface area contributed by atoms with Gasteiger partial charge < -0.3 is 0 Å². The van der Waals surface area contributed by atoms with Crippen LogP contribution in [0.4, 0.5) is 8.78 Å². The van der Waals surface area contributed by atoms with Crippen LogP contribution >= 0.6 is 0 Å². The topological polar surface area (TPSA) is 17.1 Å². The zero-order valence-electron chi connectivity index (χ0n) is 9.10. The maximum absolute atomic E-state index is 12.8. The molecule has 0 aromatic heterocycles. The Labute approximate surface area is 88.1 Å². The predicted octanol–water partition coefficient (Wildman–Crippen LogP) is 3.12. The Kier molecular flexibility index (Phi) is 3.22. The van der Waals surface area contributed by atoms with E-state index in [4.69, 9.17) is 0 Å². The van der Waals surface area contributed by atoms with Crippen LogP contribution in [0.15, 0.2) is 18.2 Å². The van der Waals surface area contributed by atoms with Gasteiger partial charge in [-0.25, -0.2) is 8.78 Å². The molecule has 0 amide bonds. The first-order chi connectivity index (χ1) is 6.79. The Hall–Kier alpha value is -1.25. The van der Waals surface area contributed by atoms with Crippen LogP contribution in [-0.2, 0) is 11.2 Å². The molecular weight excluding hydrogens is 198 g/mol. The zero-order valence-corrected chi connectivity index (χ0v) is 9.10. The van der Waals surface area contributed by atoms with Gasteiger partial charge in [-0.1, -0.05) is 20.8 Å². The van der Waals surface area contributed by atoms with Crippen molar-refractivity contribution in [3.05, 3.63) is 35.4 Å². The summed E-state index contributed by atoms with van der Waals surface area (Å²) >= 11 is 0. The molecule has 1 aromatic carbocycles. The Balaban J connectivity index is 2.86. The average Bonchev–Trinajstić information content (AvgIpc) is 1.99. The highest BCUT2D eigenvalue weighted by Crippen LogP contribution is 2.18. The highest BCUT2D eigenvalue weighted by molar-refractivity contribution is 5.85. The summed E-state index contributed by atoms with van der Waals surface area (Å²) in [6.07, 6.45) is 0.0676. The second-order valence-corrected chi connectivity index (χ2v) is 4.63. The summed E-state index contributed by atoms with van der Waals surface area (Å²) in [6, 6.07) is 3.17. The number of Topliss-reactive ketones (excluding diaryl/α,β-unsaturated/α-hetero) is 1. The first-order valence-electron chi connectivity index (χ1n) is 4.77. The largest absolute Gasteiger partial charge is 0.299 e. The first-order valence-corrected chi connectivity index (χ1v) is 4.77. The minimum atomic E-state index is -0.647. The highest BCUT2D eigenvalue weighted by Gasteiger charge is 2.21. The number of halogens is 2. The summed E-state index contributed by atoms with van der Waals surface area (Å²) < 4.78 is 25.6. The molecule has 1 nitrogen and oxygen atoms in total. The van der Waals surface area contributed by atoms with Gasteiger partial charge in [-0.3, -0.25) is 4.79 Å². The quantitative estimate of drug-likeness (QED) is 0.736. The fourth-order valence-electron chi connectivity index (χ4n) is 1.16. The van der Waals surface area contributed by atoms with E-state index >= 15 is 0 Å². The van der Waals surface area contributed by atoms with E-state index in [2.05, 4.69) is 0 Å². The van der Waals surface area contributed by atoms with Gasteiger partial charge >= 0.3 is 0 Å². The van der Waals surface area contributed by atoms with Crippen molar-refractivity contribution >= 4 is 5.78 Å². The van der Waals surface area contributed by atoms with E-state index in [1.807, 2.05) is 0 Å². The van der Waals surface area contributed by atoms with E-state index in [-0.39, 0.29) is 12.2 Å². The molecule has 0 radical (unpaired) electrons. The minimum absolute atomic E-state index is 0.0347. The second kappa shape index (κ2) is 4.09. The lowest BCUT2D eigenvalue weighted by atomic mass is 9.87. The van der Waals surface area contributed by atoms with Gasteiger partial charge in [-0.2, -0.15) is 0 Å². The normalized spacial score (nSPS) is 11.5. The molecule has 0 aliphatic heterocycles. The van der Waals surface area contributed by atoms with Gasteiger partial charge in [0.05, 0.1) is 0 Å². The van der Waals surface area contributed by atoms with Crippen molar-refractivity contribution in [2.24, 2.45) is 5.41 Å². The molecule has 0 saturated heterocycles. The van der Waals surface area contributed by atoms with Gasteiger partial charge in [-0.15, -0.1) is 0 Å². The van der Waals surface area contributed by atoms with Crippen LogP contribution in [0.25, 0.3) is 0 Å². The molecule has 0 spiro atoms. The van der Waals surface area contributed by atoms with Crippen molar-refractivity contribution in [3.8, 4) is 0 Å². The van der Waals surface area contributed by atoms with Gasteiger partial charge in [0, 0.05) is 17.9 Å². The van der Waals surface area contributed by atoms with E-state index < -0.39 is 17.0 Å². The Morgan fingerprint density at radius 3 is 2.00 bits per heavy atom. The van der Waals surface area contributed by atoms with Crippen LogP contribution in [-0.4, -0.2) is 5.78 Å². The summed E-state index contributed by atoms with van der Waals surface area (Å²) in [5, 5.41) is 0. The Morgan fingerprint density at radius 1 is 1.13 bits per heavy atom. The number of carbonyl (C=O) groups is 1. The summed E-state index contributed by atoms with van der Waals surface area (Å²) in [6.45, 7) is 5.35. The Bertz CT molecular complexity index is 357. The van der Waals surface area contributed by atoms with Crippen LogP contribution in [0, 0.1) is 17.0 Å². The minimum Gasteiger partial charge on any atom is -0.299 e. The van der Waals surface area contributed by atoms with Crippen molar-refractivity contribution in [1.82, 2.24) is 0 Å². The maximum atomic E-state index is 12.8. The average molecular weight is 212 g/mol. The lowest BCUT2D eigenvalue weighted by Crippen LogP contribution is -2.22. The summed E-state index contributed by atoms with van der Waals surface area (Å²) in [5.74, 6) is -1.33. The molecular formula is C12H14F2O. The van der Waals surface area contributed by atoms with Crippen molar-refractivity contribution in [2.45, 2.75) is 27.2 Å². The van der Waals surface area contributed by atoms with E-state index in [1.54, 1.807) is 20.8 Å². The monoisotopic (exact) mass is 212 g/mol. The van der Waals surface area contributed by atoms with Gasteiger partial charge in [0.15, 0.2) is 0 Å². The molecule has 0 saturated carbocycles. The van der Waals surface area contributed by atoms with Crippen LogP contribution in [0.3, 0.4) is 0 Å². The molecule has 0 unspecified atom stereocenters. The summed E-state index contributed by atoms with van der Waals surface area (Å²) in [5.41, 5.74) is -0.101. The molecule has 0 N–H and O–H groups in total. The smallest absolute Gasteiger partial charge is 0.142 e. The predicted molar refractivity (Wildman–Crippen MR) is 54.5 cm³/mol. The lowest BCUT2D eigenvalue weighted by molar-refractivity contribution is -0.125. The van der Waals surface area contributed by atoms with E-state index in [1.165, 1.54) is 12.1 Å². The van der Waals surface area contributed by atoms with Crippen molar-refractivity contribution in [3.63, 3.8) is 0 Å². The number of ketones is 1. The summed E-state index contributed by atoms with van der Waals surface area (Å²) in [4.78, 5) is 11.6. The lowest BCUT2D eigenvalue weighted by Gasteiger charge is -2.16. The van der Waals surface area contributed by atoms with Crippen molar-refractivity contribution in [1.29, 1.82) is 0 Å². The standard InChI is InChI=1S/C12H14F2O/c1-12(2,3)11(15)6-8-4-9(13)7-10(14)5-8/h4-5,7H,6H2,1-3H3. The third-order valence-corrected chi connectivity index (χ3v) is 2.12. The highest BCUT2D eigenvalue weighted by atomic mass is 19.1. The molecule has 82 valence electrons. The molecule has 3 heteroatoms. The fraction of sp³-hybridized carbons (Fsp3) is 0.417. The van der Waals surface area contributed by atoms with Crippen LogP contribution in [0.5, 0.6) is 0 Å². The van der Waals surface area contributed by atoms with E-state index in [9.17, 15) is 13.6 Å². The first kappa shape index (κ1) is 11.8. The third kappa shape index (κ3) is 3.42. The van der Waals surface area contributed by atoms with Gasteiger partial charge in [-0.05, 0) is 17.7 Å². The molecule has 0 atom stereocenters. The SMILES string of the molecule is CC(C)(C)C(=O)Cc1cc(F)cc(F)c1. The fourth-order valence-corrected chi connectivity index (χ4v) is 1.16. The number of hydrogen-bond donors (Lipinski definition) is 0. The molecule has 0 heterocycles.